The maximum atomic E-state index is 12.3. The molecule has 3 atom stereocenters. The summed E-state index contributed by atoms with van der Waals surface area (Å²) in [5.74, 6) is -0.691. The fourth-order valence-corrected chi connectivity index (χ4v) is 3.33. The van der Waals surface area contributed by atoms with Gasteiger partial charge in [0.15, 0.2) is 0 Å². The van der Waals surface area contributed by atoms with Crippen LogP contribution in [0.2, 0.25) is 0 Å². The molecule has 0 aliphatic heterocycles. The molecule has 1 aliphatic rings. The van der Waals surface area contributed by atoms with Gasteiger partial charge in [-0.15, -0.1) is 0 Å². The Hall–Kier alpha value is -1.06. The quantitative estimate of drug-likeness (QED) is 0.824. The molecule has 1 rings (SSSR count). The Balaban J connectivity index is 2.69. The van der Waals surface area contributed by atoms with Gasteiger partial charge in [-0.05, 0) is 36.5 Å². The zero-order valence-electron chi connectivity index (χ0n) is 12.7. The fourth-order valence-electron chi connectivity index (χ4n) is 3.33. The molecule has 0 aromatic rings. The number of carbonyl (C=O) groups is 2. The van der Waals surface area contributed by atoms with E-state index in [1.165, 1.54) is 0 Å². The number of nitrogens with one attached hydrogen (secondary N) is 1. The molecule has 0 radical (unpaired) electrons. The number of hydrogen-bond acceptors (Lipinski definition) is 2. The number of carbonyl (C=O) groups excluding carboxylic acids is 1. The smallest absolute Gasteiger partial charge is 0.326 e. The second-order valence-corrected chi connectivity index (χ2v) is 7.18. The van der Waals surface area contributed by atoms with Crippen molar-refractivity contribution in [1.29, 1.82) is 0 Å². The predicted octanol–water partition coefficient (Wildman–Crippen LogP) is 2.67. The zero-order chi connectivity index (χ0) is 14.8. The number of rotatable bonds is 4. The monoisotopic (exact) mass is 269 g/mol. The van der Waals surface area contributed by atoms with Gasteiger partial charge in [0.2, 0.25) is 5.91 Å². The molecule has 0 heterocycles. The summed E-state index contributed by atoms with van der Waals surface area (Å²) in [7, 11) is 0. The molecule has 4 heteroatoms. The minimum absolute atomic E-state index is 0.0562. The molecule has 4 nitrogen and oxygen atoms in total. The highest BCUT2D eigenvalue weighted by molar-refractivity contribution is 5.85. The SMILES string of the molecule is CC1CC(C(=O)N[C@H](C(=O)O)C(C)C)CC(C)(C)C1. The Morgan fingerprint density at radius 1 is 1.26 bits per heavy atom. The largest absolute Gasteiger partial charge is 0.480 e. The summed E-state index contributed by atoms with van der Waals surface area (Å²) >= 11 is 0. The third-order valence-electron chi connectivity index (χ3n) is 3.99. The van der Waals surface area contributed by atoms with E-state index in [1.54, 1.807) is 0 Å². The third kappa shape index (κ3) is 4.51. The van der Waals surface area contributed by atoms with Gasteiger partial charge in [-0.2, -0.15) is 0 Å². The number of aliphatic carboxylic acids is 1. The van der Waals surface area contributed by atoms with Gasteiger partial charge >= 0.3 is 5.97 Å². The molecule has 0 bridgehead atoms. The molecule has 0 aromatic heterocycles. The molecular weight excluding hydrogens is 242 g/mol. The van der Waals surface area contributed by atoms with Crippen LogP contribution in [-0.2, 0) is 9.59 Å². The van der Waals surface area contributed by atoms with E-state index in [2.05, 4.69) is 26.1 Å². The molecule has 2 N–H and O–H groups in total. The first-order chi connectivity index (χ1) is 8.62. The molecular formula is C15H27NO3. The predicted molar refractivity (Wildman–Crippen MR) is 74.7 cm³/mol. The van der Waals surface area contributed by atoms with Gasteiger partial charge in [0.05, 0.1) is 0 Å². The normalized spacial score (nSPS) is 27.9. The van der Waals surface area contributed by atoms with Crippen molar-refractivity contribution in [3.05, 3.63) is 0 Å². The van der Waals surface area contributed by atoms with Crippen molar-refractivity contribution in [1.82, 2.24) is 5.32 Å². The average Bonchev–Trinajstić information content (AvgIpc) is 2.21. The Morgan fingerprint density at radius 2 is 1.84 bits per heavy atom. The molecule has 0 aromatic carbocycles. The van der Waals surface area contributed by atoms with Crippen molar-refractivity contribution >= 4 is 11.9 Å². The van der Waals surface area contributed by atoms with E-state index in [4.69, 9.17) is 5.11 Å². The number of carboxylic acids is 1. The summed E-state index contributed by atoms with van der Waals surface area (Å²) in [6, 6.07) is -0.784. The van der Waals surface area contributed by atoms with Crippen LogP contribution >= 0.6 is 0 Å². The Bertz CT molecular complexity index is 349. The molecule has 1 aliphatic carbocycles. The van der Waals surface area contributed by atoms with Crippen molar-refractivity contribution in [2.24, 2.45) is 23.2 Å². The summed E-state index contributed by atoms with van der Waals surface area (Å²) in [5, 5.41) is 11.8. The lowest BCUT2D eigenvalue weighted by atomic mass is 9.68. The third-order valence-corrected chi connectivity index (χ3v) is 3.99. The van der Waals surface area contributed by atoms with Crippen LogP contribution in [0.3, 0.4) is 0 Å². The summed E-state index contributed by atoms with van der Waals surface area (Å²) in [6.07, 6.45) is 2.83. The number of carboxylic acid groups (broad SMARTS) is 1. The molecule has 1 saturated carbocycles. The van der Waals surface area contributed by atoms with Crippen LogP contribution in [0.15, 0.2) is 0 Å². The Kier molecular flexibility index (Phi) is 4.99. The summed E-state index contributed by atoms with van der Waals surface area (Å²) in [4.78, 5) is 23.4. The first-order valence-corrected chi connectivity index (χ1v) is 7.15. The zero-order valence-corrected chi connectivity index (χ0v) is 12.7. The average molecular weight is 269 g/mol. The van der Waals surface area contributed by atoms with Crippen LogP contribution in [-0.4, -0.2) is 23.0 Å². The Morgan fingerprint density at radius 3 is 2.26 bits per heavy atom. The van der Waals surface area contributed by atoms with Crippen molar-refractivity contribution in [2.45, 2.75) is 59.9 Å². The molecule has 0 saturated heterocycles. The topological polar surface area (TPSA) is 66.4 Å². The summed E-state index contributed by atoms with van der Waals surface area (Å²) in [6.45, 7) is 10.2. The van der Waals surface area contributed by atoms with Gasteiger partial charge in [0.1, 0.15) is 6.04 Å². The van der Waals surface area contributed by atoms with Crippen molar-refractivity contribution in [3.8, 4) is 0 Å². The van der Waals surface area contributed by atoms with Crippen LogP contribution in [0.1, 0.15) is 53.9 Å². The number of hydrogen-bond donors (Lipinski definition) is 2. The standard InChI is InChI=1S/C15H27NO3/c1-9(2)12(14(18)19)16-13(17)11-6-10(3)7-15(4,5)8-11/h9-12H,6-8H2,1-5H3,(H,16,17)(H,18,19)/t10?,11?,12-/m0/s1. The van der Waals surface area contributed by atoms with E-state index in [9.17, 15) is 9.59 Å². The van der Waals surface area contributed by atoms with Gasteiger partial charge in [-0.25, -0.2) is 4.79 Å². The maximum absolute atomic E-state index is 12.3. The lowest BCUT2D eigenvalue weighted by molar-refractivity contribution is -0.144. The molecule has 0 spiro atoms. The van der Waals surface area contributed by atoms with Gasteiger partial charge in [0.25, 0.3) is 0 Å². The van der Waals surface area contributed by atoms with E-state index in [1.807, 2.05) is 13.8 Å². The van der Waals surface area contributed by atoms with Crippen molar-refractivity contribution in [2.75, 3.05) is 0 Å². The first-order valence-electron chi connectivity index (χ1n) is 7.15. The molecule has 19 heavy (non-hydrogen) atoms. The van der Waals surface area contributed by atoms with E-state index in [-0.39, 0.29) is 23.2 Å². The maximum Gasteiger partial charge on any atom is 0.326 e. The fraction of sp³-hybridized carbons (Fsp3) is 0.867. The van der Waals surface area contributed by atoms with Crippen LogP contribution in [0.5, 0.6) is 0 Å². The molecule has 1 fully saturated rings. The summed E-state index contributed by atoms with van der Waals surface area (Å²) in [5.41, 5.74) is 0.163. The van der Waals surface area contributed by atoms with Gasteiger partial charge in [-0.1, -0.05) is 34.6 Å². The van der Waals surface area contributed by atoms with E-state index >= 15 is 0 Å². The highest BCUT2D eigenvalue weighted by Gasteiger charge is 2.37. The van der Waals surface area contributed by atoms with Crippen molar-refractivity contribution < 1.29 is 14.7 Å². The van der Waals surface area contributed by atoms with Gasteiger partial charge in [0, 0.05) is 5.92 Å². The number of amides is 1. The van der Waals surface area contributed by atoms with Crippen LogP contribution in [0, 0.1) is 23.2 Å². The summed E-state index contributed by atoms with van der Waals surface area (Å²) < 4.78 is 0. The lowest BCUT2D eigenvalue weighted by Crippen LogP contribution is -2.48. The highest BCUT2D eigenvalue weighted by Crippen LogP contribution is 2.41. The van der Waals surface area contributed by atoms with Gasteiger partial charge < -0.3 is 10.4 Å². The van der Waals surface area contributed by atoms with Crippen molar-refractivity contribution in [3.63, 3.8) is 0 Å². The highest BCUT2D eigenvalue weighted by atomic mass is 16.4. The lowest BCUT2D eigenvalue weighted by Gasteiger charge is -2.38. The van der Waals surface area contributed by atoms with Crippen LogP contribution in [0.25, 0.3) is 0 Å². The first kappa shape index (κ1) is 16.0. The minimum atomic E-state index is -0.952. The Labute approximate surface area is 116 Å². The van der Waals surface area contributed by atoms with E-state index in [0.717, 1.165) is 19.3 Å². The van der Waals surface area contributed by atoms with E-state index < -0.39 is 12.0 Å². The molecule has 2 unspecified atom stereocenters. The second-order valence-electron chi connectivity index (χ2n) is 7.18. The van der Waals surface area contributed by atoms with E-state index in [0.29, 0.717) is 5.92 Å². The van der Waals surface area contributed by atoms with Crippen LogP contribution < -0.4 is 5.32 Å². The van der Waals surface area contributed by atoms with Gasteiger partial charge in [-0.3, -0.25) is 4.79 Å². The minimum Gasteiger partial charge on any atom is -0.480 e. The van der Waals surface area contributed by atoms with Crippen LogP contribution in [0.4, 0.5) is 0 Å². The second kappa shape index (κ2) is 5.93. The molecule has 110 valence electrons. The molecule has 1 amide bonds.